The third-order valence-electron chi connectivity index (χ3n) is 4.10. The third kappa shape index (κ3) is 2.78. The number of nitro benzene ring substituents is 1. The number of benzene rings is 1. The molecule has 1 fully saturated rings. The van der Waals surface area contributed by atoms with E-state index in [-0.39, 0.29) is 11.1 Å². The van der Waals surface area contributed by atoms with Crippen LogP contribution in [-0.2, 0) is 6.54 Å². The van der Waals surface area contributed by atoms with E-state index in [9.17, 15) is 10.1 Å². The van der Waals surface area contributed by atoms with Gasteiger partial charge in [-0.25, -0.2) is 4.98 Å². The summed E-state index contributed by atoms with van der Waals surface area (Å²) < 4.78 is 1.82. The Morgan fingerprint density at radius 2 is 2.24 bits per heavy atom. The van der Waals surface area contributed by atoms with E-state index in [4.69, 9.17) is 0 Å². The Morgan fingerprint density at radius 3 is 2.86 bits per heavy atom. The molecule has 1 aromatic heterocycles. The van der Waals surface area contributed by atoms with Crippen molar-refractivity contribution in [2.45, 2.75) is 25.8 Å². The van der Waals surface area contributed by atoms with Gasteiger partial charge in [0.2, 0.25) is 0 Å². The largest absolute Gasteiger partial charge is 0.270 e. The van der Waals surface area contributed by atoms with E-state index < -0.39 is 4.92 Å². The van der Waals surface area contributed by atoms with Crippen LogP contribution in [0.2, 0.25) is 0 Å². The number of non-ortho nitro benzene ring substituents is 1. The van der Waals surface area contributed by atoms with Crippen LogP contribution in [0.4, 0.5) is 5.69 Å². The molecule has 7 heteroatoms. The van der Waals surface area contributed by atoms with Crippen LogP contribution in [0, 0.1) is 15.5 Å². The lowest BCUT2D eigenvalue weighted by atomic mass is 9.70. The Hall–Kier alpha value is -1.89. The van der Waals surface area contributed by atoms with Gasteiger partial charge in [-0.3, -0.25) is 14.8 Å². The highest BCUT2D eigenvalue weighted by Gasteiger charge is 2.36. The molecule has 0 radical (unpaired) electrons. The predicted molar refractivity (Wildman–Crippen MR) is 82.2 cm³/mol. The van der Waals surface area contributed by atoms with Gasteiger partial charge in [-0.1, -0.05) is 18.6 Å². The van der Waals surface area contributed by atoms with Gasteiger partial charge in [-0.05, 0) is 24.0 Å². The Balaban J connectivity index is 1.81. The Labute approximate surface area is 127 Å². The van der Waals surface area contributed by atoms with Crippen molar-refractivity contribution < 1.29 is 4.92 Å². The predicted octanol–water partition coefficient (Wildman–Crippen LogP) is 2.95. The summed E-state index contributed by atoms with van der Waals surface area (Å²) in [4.78, 5) is 14.7. The molecular formula is C14H16N4O2S. The maximum atomic E-state index is 10.8. The molecular weight excluding hydrogens is 288 g/mol. The van der Waals surface area contributed by atoms with Crippen molar-refractivity contribution in [3.63, 3.8) is 0 Å². The highest BCUT2D eigenvalue weighted by Crippen LogP contribution is 2.43. The topological polar surface area (TPSA) is 73.8 Å². The van der Waals surface area contributed by atoms with Crippen LogP contribution >= 0.6 is 12.6 Å². The molecule has 0 amide bonds. The van der Waals surface area contributed by atoms with E-state index in [0.717, 1.165) is 12.3 Å². The van der Waals surface area contributed by atoms with Gasteiger partial charge in [-0.2, -0.15) is 17.7 Å². The zero-order valence-electron chi connectivity index (χ0n) is 11.5. The van der Waals surface area contributed by atoms with Crippen molar-refractivity contribution in [2.24, 2.45) is 5.41 Å². The average Bonchev–Trinajstić information content (AvgIpc) is 2.91. The third-order valence-corrected chi connectivity index (χ3v) is 4.77. The Kier molecular flexibility index (Phi) is 3.67. The first-order valence-electron chi connectivity index (χ1n) is 6.87. The van der Waals surface area contributed by atoms with Crippen LogP contribution in [0.1, 0.15) is 19.3 Å². The van der Waals surface area contributed by atoms with Crippen molar-refractivity contribution in [3.05, 3.63) is 40.7 Å². The second-order valence-electron chi connectivity index (χ2n) is 5.58. The zero-order chi connectivity index (χ0) is 14.9. The van der Waals surface area contributed by atoms with E-state index in [1.807, 2.05) is 4.68 Å². The van der Waals surface area contributed by atoms with E-state index >= 15 is 0 Å². The number of hydrogen-bond acceptors (Lipinski definition) is 5. The summed E-state index contributed by atoms with van der Waals surface area (Å²) in [6.45, 7) is 0.804. The first kappa shape index (κ1) is 14.1. The van der Waals surface area contributed by atoms with Crippen LogP contribution < -0.4 is 0 Å². The molecule has 0 aliphatic heterocycles. The fourth-order valence-electron chi connectivity index (χ4n) is 2.65. The molecule has 21 heavy (non-hydrogen) atoms. The molecule has 1 saturated carbocycles. The molecule has 0 spiro atoms. The maximum Gasteiger partial charge on any atom is 0.270 e. The van der Waals surface area contributed by atoms with Crippen molar-refractivity contribution in [3.8, 4) is 11.4 Å². The summed E-state index contributed by atoms with van der Waals surface area (Å²) in [5.74, 6) is 1.37. The maximum absolute atomic E-state index is 10.8. The smallest absolute Gasteiger partial charge is 0.258 e. The average molecular weight is 304 g/mol. The first-order valence-corrected chi connectivity index (χ1v) is 7.50. The van der Waals surface area contributed by atoms with Crippen LogP contribution in [0.5, 0.6) is 0 Å². The van der Waals surface area contributed by atoms with E-state index in [1.54, 1.807) is 18.5 Å². The van der Waals surface area contributed by atoms with Crippen molar-refractivity contribution in [1.29, 1.82) is 0 Å². The molecule has 0 saturated heterocycles. The van der Waals surface area contributed by atoms with Gasteiger partial charge in [0.1, 0.15) is 6.33 Å². The minimum atomic E-state index is -0.412. The molecule has 6 nitrogen and oxygen atoms in total. The van der Waals surface area contributed by atoms with Crippen molar-refractivity contribution in [1.82, 2.24) is 14.8 Å². The second-order valence-corrected chi connectivity index (χ2v) is 5.90. The monoisotopic (exact) mass is 304 g/mol. The molecule has 0 atom stereocenters. The van der Waals surface area contributed by atoms with E-state index in [2.05, 4.69) is 22.7 Å². The molecule has 0 unspecified atom stereocenters. The molecule has 1 aliphatic rings. The van der Waals surface area contributed by atoms with Crippen molar-refractivity contribution >= 4 is 18.3 Å². The highest BCUT2D eigenvalue weighted by atomic mass is 32.1. The van der Waals surface area contributed by atoms with Crippen LogP contribution in [0.3, 0.4) is 0 Å². The lowest BCUT2D eigenvalue weighted by molar-refractivity contribution is -0.384. The van der Waals surface area contributed by atoms with Gasteiger partial charge in [0.25, 0.3) is 5.69 Å². The first-order chi connectivity index (χ1) is 10.1. The Bertz CT molecular complexity index is 661. The summed E-state index contributed by atoms with van der Waals surface area (Å²) in [6.07, 6.45) is 5.27. The Morgan fingerprint density at radius 1 is 1.43 bits per heavy atom. The zero-order valence-corrected chi connectivity index (χ0v) is 12.4. The van der Waals surface area contributed by atoms with Gasteiger partial charge < -0.3 is 0 Å². The van der Waals surface area contributed by atoms with E-state index in [0.29, 0.717) is 11.4 Å². The number of nitrogens with zero attached hydrogens (tertiary/aromatic N) is 4. The summed E-state index contributed by atoms with van der Waals surface area (Å²) in [5.41, 5.74) is 0.947. The molecule has 0 bridgehead atoms. The lowest BCUT2D eigenvalue weighted by Gasteiger charge is -2.40. The standard InChI is InChI=1S/C14H16N4O2S/c19-18(20)12-4-1-3-11(7-12)13-15-10-17(16-13)8-14(9-21)5-2-6-14/h1,3-4,7,10,21H,2,5-6,8-9H2. The molecule has 2 aromatic rings. The SMILES string of the molecule is O=[N+]([O-])c1cccc(-c2ncn(CC3(CS)CCC3)n2)c1. The summed E-state index contributed by atoms with van der Waals surface area (Å²) in [5, 5.41) is 15.3. The van der Waals surface area contributed by atoms with Gasteiger partial charge in [0.05, 0.1) is 4.92 Å². The number of hydrogen-bond donors (Lipinski definition) is 1. The number of thiol groups is 1. The van der Waals surface area contributed by atoms with Crippen LogP contribution in [0.15, 0.2) is 30.6 Å². The molecule has 1 aliphatic carbocycles. The minimum Gasteiger partial charge on any atom is -0.258 e. The van der Waals surface area contributed by atoms with Crippen LogP contribution in [-0.4, -0.2) is 25.4 Å². The second kappa shape index (κ2) is 5.48. The van der Waals surface area contributed by atoms with Gasteiger partial charge in [0.15, 0.2) is 5.82 Å². The molecule has 0 N–H and O–H groups in total. The summed E-state index contributed by atoms with van der Waals surface area (Å²) in [7, 11) is 0. The fourth-order valence-corrected chi connectivity index (χ4v) is 3.06. The fraction of sp³-hybridized carbons (Fsp3) is 0.429. The molecule has 3 rings (SSSR count). The van der Waals surface area contributed by atoms with Gasteiger partial charge in [-0.15, -0.1) is 0 Å². The minimum absolute atomic E-state index is 0.0506. The van der Waals surface area contributed by atoms with Gasteiger partial charge >= 0.3 is 0 Å². The van der Waals surface area contributed by atoms with E-state index in [1.165, 1.54) is 31.4 Å². The molecule has 1 heterocycles. The molecule has 110 valence electrons. The molecule has 1 aromatic carbocycles. The summed E-state index contributed by atoms with van der Waals surface area (Å²) in [6, 6.07) is 6.39. The number of rotatable bonds is 5. The lowest BCUT2D eigenvalue weighted by Crippen LogP contribution is -2.36. The summed E-state index contributed by atoms with van der Waals surface area (Å²) >= 11 is 4.44. The normalized spacial score (nSPS) is 16.4. The highest BCUT2D eigenvalue weighted by molar-refractivity contribution is 7.80. The number of nitro groups is 1. The van der Waals surface area contributed by atoms with Crippen LogP contribution in [0.25, 0.3) is 11.4 Å². The quantitative estimate of drug-likeness (QED) is 0.523. The van der Waals surface area contributed by atoms with Crippen molar-refractivity contribution in [2.75, 3.05) is 5.75 Å². The number of aromatic nitrogens is 3. The van der Waals surface area contributed by atoms with Gasteiger partial charge in [0, 0.05) is 24.2 Å².